The Morgan fingerprint density at radius 2 is 1.00 bits per heavy atom. The zero-order valence-corrected chi connectivity index (χ0v) is 12.1. The van der Waals surface area contributed by atoms with Gasteiger partial charge in [0.2, 0.25) is 0 Å². The van der Waals surface area contributed by atoms with E-state index in [1.165, 1.54) is 0 Å². The van der Waals surface area contributed by atoms with Gasteiger partial charge >= 0.3 is 29.9 Å². The average molecular weight is 385 g/mol. The molecule has 1 saturated heterocycles. The zero-order valence-electron chi connectivity index (χ0n) is 11.3. The summed E-state index contributed by atoms with van der Waals surface area (Å²) in [5.41, 5.74) is 0. The molecular weight excluding hydrogens is 373 g/mol. The summed E-state index contributed by atoms with van der Waals surface area (Å²) in [6.45, 7) is 0. The normalized spacial score (nSPS) is 20.0. The van der Waals surface area contributed by atoms with E-state index in [2.05, 4.69) is 0 Å². The highest BCUT2D eigenvalue weighted by Crippen LogP contribution is 2.57. The molecule has 0 nitrogen and oxygen atoms in total. The first-order valence-corrected chi connectivity index (χ1v) is 8.03. The Bertz CT molecular complexity index is 409. The Kier molecular flexibility index (Phi) is 5.51. The van der Waals surface area contributed by atoms with Gasteiger partial charge in [-0.2, -0.15) is 48.3 Å². The Morgan fingerprint density at radius 1 is 0.565 bits per heavy atom. The molecule has 23 heavy (non-hydrogen) atoms. The zero-order chi connectivity index (χ0) is 18.3. The minimum absolute atomic E-state index is 0.0207. The lowest BCUT2D eigenvalue weighted by Gasteiger charge is -2.36. The number of alkyl halides is 11. The van der Waals surface area contributed by atoms with Crippen molar-refractivity contribution >= 4 is 10.9 Å². The van der Waals surface area contributed by atoms with Crippen molar-refractivity contribution in [2.24, 2.45) is 0 Å². The standard InChI is InChI=1S/C11H12F11S/c12-7(13,6-23-4-2-1-3-5-23)8(14,15)9(16,17)10(18,19)11(20,21)22/h1-6H2/q+1. The van der Waals surface area contributed by atoms with Crippen LogP contribution in [0.2, 0.25) is 0 Å². The van der Waals surface area contributed by atoms with Gasteiger partial charge in [0.05, 0.1) is 0 Å². The van der Waals surface area contributed by atoms with Crippen LogP contribution in [0.1, 0.15) is 19.3 Å². The molecule has 0 bridgehead atoms. The van der Waals surface area contributed by atoms with E-state index in [9.17, 15) is 48.3 Å². The Hall–Kier alpha value is -0.420. The second-order valence-electron chi connectivity index (χ2n) is 5.15. The molecule has 0 amide bonds. The van der Waals surface area contributed by atoms with Crippen LogP contribution in [-0.2, 0) is 10.9 Å². The van der Waals surface area contributed by atoms with Gasteiger partial charge in [0.25, 0.3) is 0 Å². The maximum Gasteiger partial charge on any atom is 0.460 e. The second-order valence-corrected chi connectivity index (χ2v) is 7.48. The van der Waals surface area contributed by atoms with Gasteiger partial charge < -0.3 is 0 Å². The molecule has 0 radical (unpaired) electrons. The van der Waals surface area contributed by atoms with Crippen molar-refractivity contribution in [3.05, 3.63) is 0 Å². The largest absolute Gasteiger partial charge is 0.460 e. The maximum atomic E-state index is 13.5. The molecular formula is C11H12F11S+. The highest BCUT2D eigenvalue weighted by atomic mass is 32.2. The van der Waals surface area contributed by atoms with E-state index in [-0.39, 0.29) is 11.5 Å². The summed E-state index contributed by atoms with van der Waals surface area (Å²) in [6, 6.07) is 0. The van der Waals surface area contributed by atoms with E-state index in [1.807, 2.05) is 0 Å². The molecule has 138 valence electrons. The predicted molar refractivity (Wildman–Crippen MR) is 61.7 cm³/mol. The van der Waals surface area contributed by atoms with E-state index >= 15 is 0 Å². The van der Waals surface area contributed by atoms with Gasteiger partial charge in [-0.05, 0) is 30.2 Å². The minimum atomic E-state index is -7.29. The quantitative estimate of drug-likeness (QED) is 0.467. The topological polar surface area (TPSA) is 0 Å². The first kappa shape index (κ1) is 20.6. The number of halogens is 11. The number of rotatable bonds is 5. The first-order valence-electron chi connectivity index (χ1n) is 6.30. The van der Waals surface area contributed by atoms with E-state index in [1.54, 1.807) is 0 Å². The molecule has 1 fully saturated rings. The molecule has 0 aliphatic carbocycles. The molecule has 1 aliphatic heterocycles. The van der Waals surface area contributed by atoms with Crippen LogP contribution < -0.4 is 0 Å². The molecule has 1 heterocycles. The molecule has 0 saturated carbocycles. The Balaban J connectivity index is 3.10. The summed E-state index contributed by atoms with van der Waals surface area (Å²) in [5.74, 6) is -28.9. The molecule has 12 heteroatoms. The third-order valence-corrected chi connectivity index (χ3v) is 5.86. The second kappa shape index (κ2) is 6.14. The maximum absolute atomic E-state index is 13.5. The average Bonchev–Trinajstić information content (AvgIpc) is 2.37. The lowest BCUT2D eigenvalue weighted by molar-refractivity contribution is -0.419. The fourth-order valence-electron chi connectivity index (χ4n) is 1.99. The minimum Gasteiger partial charge on any atom is -0.194 e. The molecule has 0 N–H and O–H groups in total. The SMILES string of the molecule is FC(F)(F)C(F)(F)C(F)(F)C(F)(F)C(F)(F)C[S+]1CCCCC1. The summed E-state index contributed by atoms with van der Waals surface area (Å²) in [6.07, 6.45) is -5.73. The van der Waals surface area contributed by atoms with Gasteiger partial charge in [0, 0.05) is 0 Å². The third kappa shape index (κ3) is 3.51. The molecule has 1 aliphatic rings. The number of hydrogen-bond acceptors (Lipinski definition) is 0. The summed E-state index contributed by atoms with van der Waals surface area (Å²) in [7, 11) is -1.43. The highest BCUT2D eigenvalue weighted by Gasteiger charge is 2.87. The fraction of sp³-hybridized carbons (Fsp3) is 1.00. The van der Waals surface area contributed by atoms with Gasteiger partial charge in [-0.3, -0.25) is 0 Å². The predicted octanol–water partition coefficient (Wildman–Crippen LogP) is 4.89. The van der Waals surface area contributed by atoms with Gasteiger partial charge in [0.15, 0.2) is 5.75 Å². The summed E-state index contributed by atoms with van der Waals surface area (Å²) < 4.78 is 141. The first-order chi connectivity index (χ1) is 10.1. The smallest absolute Gasteiger partial charge is 0.194 e. The van der Waals surface area contributed by atoms with Gasteiger partial charge in [-0.15, -0.1) is 0 Å². The lowest BCUT2D eigenvalue weighted by Crippen LogP contribution is -2.67. The molecule has 0 unspecified atom stereocenters. The van der Waals surface area contributed by atoms with Crippen LogP contribution >= 0.6 is 0 Å². The molecule has 1 rings (SSSR count). The van der Waals surface area contributed by atoms with Crippen molar-refractivity contribution < 1.29 is 48.3 Å². The highest BCUT2D eigenvalue weighted by molar-refractivity contribution is 7.96. The Labute approximate surface area is 126 Å². The van der Waals surface area contributed by atoms with E-state index in [0.717, 1.165) is 0 Å². The van der Waals surface area contributed by atoms with Gasteiger partial charge in [0.1, 0.15) is 11.5 Å². The van der Waals surface area contributed by atoms with Crippen LogP contribution in [0.25, 0.3) is 0 Å². The van der Waals surface area contributed by atoms with Crippen LogP contribution in [0.4, 0.5) is 48.3 Å². The molecule has 0 aromatic rings. The monoisotopic (exact) mass is 385 g/mol. The fourth-order valence-corrected chi connectivity index (χ4v) is 4.40. The van der Waals surface area contributed by atoms with Gasteiger partial charge in [-0.1, -0.05) is 0 Å². The van der Waals surface area contributed by atoms with Crippen LogP contribution in [0, 0.1) is 0 Å². The van der Waals surface area contributed by atoms with E-state index in [0.29, 0.717) is 19.3 Å². The van der Waals surface area contributed by atoms with Crippen LogP contribution in [0.5, 0.6) is 0 Å². The lowest BCUT2D eigenvalue weighted by atomic mass is 9.99. The van der Waals surface area contributed by atoms with Crippen LogP contribution in [0.3, 0.4) is 0 Å². The van der Waals surface area contributed by atoms with Crippen LogP contribution in [0.15, 0.2) is 0 Å². The summed E-state index contributed by atoms with van der Waals surface area (Å²) >= 11 is 0. The molecule has 0 aromatic heterocycles. The van der Waals surface area contributed by atoms with Crippen molar-refractivity contribution in [3.63, 3.8) is 0 Å². The van der Waals surface area contributed by atoms with Crippen LogP contribution in [-0.4, -0.2) is 47.1 Å². The van der Waals surface area contributed by atoms with Gasteiger partial charge in [-0.25, -0.2) is 0 Å². The van der Waals surface area contributed by atoms with Crippen molar-refractivity contribution in [1.82, 2.24) is 0 Å². The Morgan fingerprint density at radius 3 is 1.39 bits per heavy atom. The molecule has 0 spiro atoms. The number of hydrogen-bond donors (Lipinski definition) is 0. The molecule has 0 aromatic carbocycles. The van der Waals surface area contributed by atoms with Crippen molar-refractivity contribution in [1.29, 1.82) is 0 Å². The van der Waals surface area contributed by atoms with Crippen molar-refractivity contribution in [2.45, 2.75) is 49.1 Å². The van der Waals surface area contributed by atoms with E-state index in [4.69, 9.17) is 0 Å². The molecule has 0 atom stereocenters. The summed E-state index contributed by atoms with van der Waals surface area (Å²) in [4.78, 5) is 0. The van der Waals surface area contributed by atoms with Crippen molar-refractivity contribution in [3.8, 4) is 0 Å². The third-order valence-electron chi connectivity index (χ3n) is 3.36. The van der Waals surface area contributed by atoms with Crippen molar-refractivity contribution in [2.75, 3.05) is 17.3 Å². The summed E-state index contributed by atoms with van der Waals surface area (Å²) in [5, 5.41) is 0. The van der Waals surface area contributed by atoms with E-state index < -0.39 is 46.5 Å².